The maximum Gasteiger partial charge on any atom is 0.258 e. The molecule has 0 aliphatic heterocycles. The number of hydrogen-bond donors (Lipinski definition) is 1. The van der Waals surface area contributed by atoms with Crippen molar-refractivity contribution in [2.24, 2.45) is 0 Å². The molecule has 0 bridgehead atoms. The van der Waals surface area contributed by atoms with Crippen LogP contribution in [0.4, 0.5) is 5.69 Å². The van der Waals surface area contributed by atoms with Gasteiger partial charge in [-0.3, -0.25) is 9.78 Å². The van der Waals surface area contributed by atoms with Crippen LogP contribution >= 0.6 is 11.5 Å². The second-order valence-corrected chi connectivity index (χ2v) is 7.26. The number of nitrogens with zero attached hydrogens (tertiary/aromatic N) is 4. The molecule has 0 atom stereocenters. The Morgan fingerprint density at radius 3 is 2.68 bits per heavy atom. The van der Waals surface area contributed by atoms with Gasteiger partial charge in [0.1, 0.15) is 6.07 Å². The summed E-state index contributed by atoms with van der Waals surface area (Å²) in [7, 11) is 0. The smallest absolute Gasteiger partial charge is 0.258 e. The van der Waals surface area contributed by atoms with Crippen molar-refractivity contribution in [1.29, 1.82) is 5.26 Å². The lowest BCUT2D eigenvalue weighted by atomic mass is 10.1. The number of anilines is 1. The van der Waals surface area contributed by atoms with E-state index in [-0.39, 0.29) is 12.0 Å². The fourth-order valence-electron chi connectivity index (χ4n) is 2.55. The molecule has 3 rings (SSSR count). The predicted molar refractivity (Wildman–Crippen MR) is 107 cm³/mol. The first kappa shape index (κ1) is 19.5. The van der Waals surface area contributed by atoms with Gasteiger partial charge in [-0.1, -0.05) is 0 Å². The lowest BCUT2D eigenvalue weighted by molar-refractivity contribution is 0.102. The molecule has 0 aromatic carbocycles. The van der Waals surface area contributed by atoms with Crippen molar-refractivity contribution in [3.8, 4) is 11.9 Å². The van der Waals surface area contributed by atoms with Crippen molar-refractivity contribution in [3.05, 3.63) is 64.1 Å². The third-order valence-electron chi connectivity index (χ3n) is 3.81. The average molecular weight is 393 g/mol. The van der Waals surface area contributed by atoms with E-state index in [2.05, 4.69) is 19.7 Å². The van der Waals surface area contributed by atoms with E-state index < -0.39 is 0 Å². The summed E-state index contributed by atoms with van der Waals surface area (Å²) in [5, 5.41) is 11.7. The predicted octanol–water partition coefficient (Wildman–Crippen LogP) is 3.74. The summed E-state index contributed by atoms with van der Waals surface area (Å²) in [5.41, 5.74) is 3.06. The van der Waals surface area contributed by atoms with Crippen LogP contribution in [0.25, 0.3) is 0 Å². The molecule has 3 aromatic rings. The third-order valence-corrected chi connectivity index (χ3v) is 4.74. The topological polar surface area (TPSA) is 101 Å². The van der Waals surface area contributed by atoms with Gasteiger partial charge in [-0.25, -0.2) is 4.98 Å². The minimum Gasteiger partial charge on any atom is -0.475 e. The molecule has 142 valence electrons. The monoisotopic (exact) mass is 393 g/mol. The van der Waals surface area contributed by atoms with Crippen LogP contribution in [0.5, 0.6) is 5.88 Å². The van der Waals surface area contributed by atoms with Crippen molar-refractivity contribution in [2.45, 2.75) is 33.3 Å². The molecule has 0 fully saturated rings. The molecule has 0 radical (unpaired) electrons. The van der Waals surface area contributed by atoms with E-state index in [1.807, 2.05) is 19.9 Å². The molecule has 1 N–H and O–H groups in total. The molecule has 0 aliphatic rings. The van der Waals surface area contributed by atoms with Crippen LogP contribution in [0.15, 0.2) is 36.7 Å². The zero-order valence-corrected chi connectivity index (χ0v) is 16.6. The molecule has 7 nitrogen and oxygen atoms in total. The number of amides is 1. The first-order valence-corrected chi connectivity index (χ1v) is 9.48. The number of hydrogen-bond acceptors (Lipinski definition) is 7. The van der Waals surface area contributed by atoms with Gasteiger partial charge in [0.2, 0.25) is 5.88 Å². The number of carbonyl (C=O) groups is 1. The van der Waals surface area contributed by atoms with Gasteiger partial charge in [0.15, 0.2) is 0 Å². The maximum absolute atomic E-state index is 12.8. The fourth-order valence-corrected chi connectivity index (χ4v) is 3.43. The quantitative estimate of drug-likeness (QED) is 0.684. The number of ether oxygens (including phenoxy) is 1. The molecule has 3 aromatic heterocycles. The second-order valence-electron chi connectivity index (χ2n) is 6.40. The van der Waals surface area contributed by atoms with E-state index in [1.165, 1.54) is 17.7 Å². The van der Waals surface area contributed by atoms with E-state index in [0.717, 1.165) is 10.6 Å². The summed E-state index contributed by atoms with van der Waals surface area (Å²) in [4.78, 5) is 22.1. The van der Waals surface area contributed by atoms with Crippen LogP contribution in [-0.4, -0.2) is 26.4 Å². The van der Waals surface area contributed by atoms with Gasteiger partial charge in [0.25, 0.3) is 5.91 Å². The van der Waals surface area contributed by atoms with Crippen LogP contribution in [0.3, 0.4) is 0 Å². The average Bonchev–Trinajstić information content (AvgIpc) is 3.04. The highest BCUT2D eigenvalue weighted by Gasteiger charge is 2.19. The summed E-state index contributed by atoms with van der Waals surface area (Å²) < 4.78 is 9.83. The molecule has 8 heteroatoms. The molecule has 0 aliphatic carbocycles. The van der Waals surface area contributed by atoms with Crippen LogP contribution in [0.2, 0.25) is 0 Å². The molecule has 0 unspecified atom stereocenters. The van der Waals surface area contributed by atoms with Gasteiger partial charge >= 0.3 is 0 Å². The molecule has 1 amide bonds. The number of carbonyl (C=O) groups excluding carboxylic acids is 1. The Labute approximate surface area is 167 Å². The number of aryl methyl sites for hydroxylation is 1. The van der Waals surface area contributed by atoms with Crippen molar-refractivity contribution in [1.82, 2.24) is 14.3 Å². The Morgan fingerprint density at radius 2 is 2.07 bits per heavy atom. The van der Waals surface area contributed by atoms with Gasteiger partial charge in [-0.15, -0.1) is 0 Å². The minimum absolute atomic E-state index is 0.0332. The lowest BCUT2D eigenvalue weighted by Crippen LogP contribution is -2.15. The van der Waals surface area contributed by atoms with E-state index in [4.69, 9.17) is 10.00 Å². The van der Waals surface area contributed by atoms with Crippen molar-refractivity contribution < 1.29 is 9.53 Å². The first-order chi connectivity index (χ1) is 13.5. The number of nitriles is 1. The Bertz CT molecular complexity index is 1000. The van der Waals surface area contributed by atoms with Gasteiger partial charge in [0.05, 0.1) is 34.8 Å². The van der Waals surface area contributed by atoms with Crippen molar-refractivity contribution >= 4 is 23.1 Å². The van der Waals surface area contributed by atoms with Crippen LogP contribution in [0, 0.1) is 18.3 Å². The molecular formula is C20H19N5O2S. The standard InChI is InChI=1S/C20H19N5O2S/c1-12(2)27-18-7-6-16(11-23-18)24-20(26)19-13(3)25-28-17(19)8-15-5-4-14(9-21)10-22-15/h4-7,10-12H,8H2,1-3H3,(H,24,26). The summed E-state index contributed by atoms with van der Waals surface area (Å²) in [6.07, 6.45) is 3.59. The molecular weight excluding hydrogens is 374 g/mol. The largest absolute Gasteiger partial charge is 0.475 e. The second kappa shape index (κ2) is 8.59. The van der Waals surface area contributed by atoms with E-state index >= 15 is 0 Å². The lowest BCUT2D eigenvalue weighted by Gasteiger charge is -2.10. The Hall–Kier alpha value is -3.31. The fraction of sp³-hybridized carbons (Fsp3) is 0.250. The highest BCUT2D eigenvalue weighted by atomic mass is 32.1. The zero-order valence-electron chi connectivity index (χ0n) is 15.8. The molecule has 0 spiro atoms. The van der Waals surface area contributed by atoms with Gasteiger partial charge in [-0.2, -0.15) is 9.64 Å². The Balaban J connectivity index is 1.75. The molecule has 3 heterocycles. The summed E-state index contributed by atoms with van der Waals surface area (Å²) in [6, 6.07) is 9.00. The SMILES string of the molecule is Cc1nsc(Cc2ccc(C#N)cn2)c1C(=O)Nc1ccc(OC(C)C)nc1. The van der Waals surface area contributed by atoms with Crippen LogP contribution < -0.4 is 10.1 Å². The van der Waals surface area contributed by atoms with Gasteiger partial charge in [-0.05, 0) is 50.5 Å². The molecule has 0 saturated carbocycles. The van der Waals surface area contributed by atoms with E-state index in [9.17, 15) is 4.79 Å². The normalized spacial score (nSPS) is 10.5. The molecule has 28 heavy (non-hydrogen) atoms. The summed E-state index contributed by atoms with van der Waals surface area (Å²) in [5.74, 6) is 0.267. The van der Waals surface area contributed by atoms with Crippen LogP contribution in [0.1, 0.15) is 46.0 Å². The van der Waals surface area contributed by atoms with Gasteiger partial charge in [0, 0.05) is 29.3 Å². The number of aromatic nitrogens is 3. The zero-order chi connectivity index (χ0) is 20.1. The Kier molecular flexibility index (Phi) is 5.96. The van der Waals surface area contributed by atoms with Crippen molar-refractivity contribution in [3.63, 3.8) is 0 Å². The summed E-state index contributed by atoms with van der Waals surface area (Å²) in [6.45, 7) is 5.65. The van der Waals surface area contributed by atoms with Gasteiger partial charge < -0.3 is 10.1 Å². The third kappa shape index (κ3) is 4.69. The highest BCUT2D eigenvalue weighted by Crippen LogP contribution is 2.23. The number of rotatable bonds is 6. The summed E-state index contributed by atoms with van der Waals surface area (Å²) >= 11 is 1.28. The van der Waals surface area contributed by atoms with E-state index in [1.54, 1.807) is 37.4 Å². The minimum atomic E-state index is -0.241. The highest BCUT2D eigenvalue weighted by molar-refractivity contribution is 7.06. The van der Waals surface area contributed by atoms with Crippen LogP contribution in [-0.2, 0) is 6.42 Å². The Morgan fingerprint density at radius 1 is 1.25 bits per heavy atom. The molecule has 0 saturated heterocycles. The number of pyridine rings is 2. The number of nitrogens with one attached hydrogen (secondary N) is 1. The maximum atomic E-state index is 12.8. The van der Waals surface area contributed by atoms with E-state index in [0.29, 0.717) is 34.8 Å². The first-order valence-electron chi connectivity index (χ1n) is 8.70. The van der Waals surface area contributed by atoms with Crippen molar-refractivity contribution in [2.75, 3.05) is 5.32 Å².